The molecule has 3 heterocycles. The number of rotatable bonds is 3. The summed E-state index contributed by atoms with van der Waals surface area (Å²) in [6.07, 6.45) is 3.32. The van der Waals surface area contributed by atoms with Crippen LogP contribution in [-0.2, 0) is 10.0 Å². The number of hydrogen-bond donors (Lipinski definition) is 1. The first-order chi connectivity index (χ1) is 10.1. The number of nitrogens with one attached hydrogen (secondary N) is 1. The maximum atomic E-state index is 13.2. The fourth-order valence-corrected chi connectivity index (χ4v) is 4.34. The number of nitrogens with zero attached hydrogens (tertiary/aromatic N) is 3. The molecule has 2 aliphatic rings. The Morgan fingerprint density at radius 3 is 2.62 bits per heavy atom. The molecule has 2 aliphatic heterocycles. The van der Waals surface area contributed by atoms with Gasteiger partial charge in [0.15, 0.2) is 0 Å². The van der Waals surface area contributed by atoms with Gasteiger partial charge in [-0.2, -0.15) is 4.31 Å². The summed E-state index contributed by atoms with van der Waals surface area (Å²) < 4.78 is 39.5. The molecule has 3 rings (SSSR count). The van der Waals surface area contributed by atoms with Gasteiger partial charge in [0.2, 0.25) is 10.0 Å². The summed E-state index contributed by atoms with van der Waals surface area (Å²) in [7, 11) is -3.64. The van der Waals surface area contributed by atoms with Crippen molar-refractivity contribution in [2.24, 2.45) is 0 Å². The van der Waals surface area contributed by atoms with Crippen molar-refractivity contribution in [2.75, 3.05) is 39.3 Å². The van der Waals surface area contributed by atoms with Crippen LogP contribution in [0.1, 0.15) is 6.42 Å². The molecule has 1 aromatic rings. The number of sulfonamides is 1. The molecular formula is C13H19FN4O2S. The van der Waals surface area contributed by atoms with Crippen LogP contribution in [0.3, 0.4) is 0 Å². The minimum Gasteiger partial charge on any atom is -0.315 e. The molecule has 1 unspecified atom stereocenters. The molecule has 0 amide bonds. The predicted molar refractivity (Wildman–Crippen MR) is 75.8 cm³/mol. The second kappa shape index (κ2) is 5.96. The van der Waals surface area contributed by atoms with E-state index in [4.69, 9.17) is 0 Å². The Bertz CT molecular complexity index is 596. The lowest BCUT2D eigenvalue weighted by Gasteiger charge is -2.37. The van der Waals surface area contributed by atoms with Gasteiger partial charge in [0.25, 0.3) is 0 Å². The van der Waals surface area contributed by atoms with Gasteiger partial charge in [0.1, 0.15) is 10.7 Å². The zero-order valence-corrected chi connectivity index (χ0v) is 12.5. The van der Waals surface area contributed by atoms with Crippen LogP contribution >= 0.6 is 0 Å². The van der Waals surface area contributed by atoms with Crippen molar-refractivity contribution in [3.63, 3.8) is 0 Å². The molecule has 2 fully saturated rings. The van der Waals surface area contributed by atoms with Crippen molar-refractivity contribution in [3.8, 4) is 0 Å². The Morgan fingerprint density at radius 1 is 1.24 bits per heavy atom. The van der Waals surface area contributed by atoms with Gasteiger partial charge in [0, 0.05) is 45.0 Å². The fraction of sp³-hybridized carbons (Fsp3) is 0.615. The Labute approximate surface area is 124 Å². The average Bonchev–Trinajstić information content (AvgIpc) is 3.02. The molecule has 1 aromatic heterocycles. The highest BCUT2D eigenvalue weighted by Crippen LogP contribution is 2.19. The van der Waals surface area contributed by atoms with E-state index >= 15 is 0 Å². The Kier molecular flexibility index (Phi) is 4.21. The predicted octanol–water partition coefficient (Wildman–Crippen LogP) is -0.111. The molecule has 1 N–H and O–H groups in total. The van der Waals surface area contributed by atoms with E-state index in [1.54, 1.807) is 0 Å². The molecule has 0 spiro atoms. The second-order valence-electron chi connectivity index (χ2n) is 5.43. The first-order valence-corrected chi connectivity index (χ1v) is 8.57. The minimum atomic E-state index is -3.64. The van der Waals surface area contributed by atoms with Gasteiger partial charge in [-0.05, 0) is 19.0 Å². The molecule has 0 radical (unpaired) electrons. The van der Waals surface area contributed by atoms with E-state index < -0.39 is 15.8 Å². The largest absolute Gasteiger partial charge is 0.315 e. The van der Waals surface area contributed by atoms with Gasteiger partial charge in [-0.3, -0.25) is 9.88 Å². The van der Waals surface area contributed by atoms with E-state index in [2.05, 4.69) is 15.2 Å². The van der Waals surface area contributed by atoms with Crippen LogP contribution in [0, 0.1) is 5.82 Å². The molecule has 0 aliphatic carbocycles. The van der Waals surface area contributed by atoms with Crippen LogP contribution in [0.4, 0.5) is 4.39 Å². The number of aromatic nitrogens is 1. The monoisotopic (exact) mass is 314 g/mol. The molecule has 2 saturated heterocycles. The lowest BCUT2D eigenvalue weighted by molar-refractivity contribution is 0.145. The highest BCUT2D eigenvalue weighted by atomic mass is 32.2. The molecule has 0 bridgehead atoms. The standard InChI is InChI=1S/C13H19FN4O2S/c14-11-7-13(10-16-8-11)21(19,20)18-5-3-17(4-6-18)12-1-2-15-9-12/h7-8,10,12,15H,1-6,9H2. The van der Waals surface area contributed by atoms with Crippen molar-refractivity contribution in [1.82, 2.24) is 19.5 Å². The topological polar surface area (TPSA) is 65.5 Å². The number of pyridine rings is 1. The summed E-state index contributed by atoms with van der Waals surface area (Å²) in [4.78, 5) is 5.88. The highest BCUT2D eigenvalue weighted by Gasteiger charge is 2.32. The summed E-state index contributed by atoms with van der Waals surface area (Å²) in [5, 5.41) is 3.32. The average molecular weight is 314 g/mol. The van der Waals surface area contributed by atoms with E-state index in [0.29, 0.717) is 32.2 Å². The van der Waals surface area contributed by atoms with Crippen LogP contribution in [-0.4, -0.2) is 67.9 Å². The zero-order chi connectivity index (χ0) is 14.9. The van der Waals surface area contributed by atoms with Gasteiger partial charge in [-0.25, -0.2) is 12.8 Å². The van der Waals surface area contributed by atoms with Crippen molar-refractivity contribution >= 4 is 10.0 Å². The van der Waals surface area contributed by atoms with Crippen LogP contribution < -0.4 is 5.32 Å². The third-order valence-electron chi connectivity index (χ3n) is 4.14. The maximum Gasteiger partial charge on any atom is 0.244 e. The summed E-state index contributed by atoms with van der Waals surface area (Å²) in [6.45, 7) is 4.31. The highest BCUT2D eigenvalue weighted by molar-refractivity contribution is 7.89. The van der Waals surface area contributed by atoms with E-state index in [1.165, 1.54) is 10.5 Å². The number of hydrogen-bond acceptors (Lipinski definition) is 5. The van der Waals surface area contributed by atoms with E-state index in [-0.39, 0.29) is 4.90 Å². The molecular weight excluding hydrogens is 295 g/mol. The molecule has 0 aromatic carbocycles. The Hall–Kier alpha value is -1.09. The van der Waals surface area contributed by atoms with Crippen LogP contribution in [0.15, 0.2) is 23.4 Å². The van der Waals surface area contributed by atoms with Crippen LogP contribution in [0.25, 0.3) is 0 Å². The van der Waals surface area contributed by atoms with E-state index in [9.17, 15) is 12.8 Å². The Balaban J connectivity index is 1.68. The third-order valence-corrected chi connectivity index (χ3v) is 6.01. The summed E-state index contributed by atoms with van der Waals surface area (Å²) >= 11 is 0. The summed E-state index contributed by atoms with van der Waals surface area (Å²) in [6, 6.07) is 1.53. The van der Waals surface area contributed by atoms with Gasteiger partial charge >= 0.3 is 0 Å². The molecule has 8 heteroatoms. The van der Waals surface area contributed by atoms with E-state index in [0.717, 1.165) is 31.8 Å². The first kappa shape index (κ1) is 14.8. The molecule has 116 valence electrons. The normalized spacial score (nSPS) is 25.3. The lowest BCUT2D eigenvalue weighted by Crippen LogP contribution is -2.52. The summed E-state index contributed by atoms with van der Waals surface area (Å²) in [5.74, 6) is -0.633. The lowest BCUT2D eigenvalue weighted by atomic mass is 10.2. The van der Waals surface area contributed by atoms with Crippen molar-refractivity contribution in [1.29, 1.82) is 0 Å². The van der Waals surface area contributed by atoms with Gasteiger partial charge in [0.05, 0.1) is 6.20 Å². The smallest absolute Gasteiger partial charge is 0.244 e. The minimum absolute atomic E-state index is 0.0708. The Morgan fingerprint density at radius 2 is 2.00 bits per heavy atom. The molecule has 6 nitrogen and oxygen atoms in total. The van der Waals surface area contributed by atoms with Crippen LogP contribution in [0.5, 0.6) is 0 Å². The van der Waals surface area contributed by atoms with E-state index in [1.807, 2.05) is 0 Å². The molecule has 21 heavy (non-hydrogen) atoms. The fourth-order valence-electron chi connectivity index (χ4n) is 2.94. The van der Waals surface area contributed by atoms with Gasteiger partial charge in [-0.1, -0.05) is 0 Å². The first-order valence-electron chi connectivity index (χ1n) is 7.13. The third kappa shape index (κ3) is 3.08. The van der Waals surface area contributed by atoms with Crippen molar-refractivity contribution in [2.45, 2.75) is 17.4 Å². The molecule has 0 saturated carbocycles. The maximum absolute atomic E-state index is 13.2. The molecule has 1 atom stereocenters. The number of halogens is 1. The van der Waals surface area contributed by atoms with Crippen LogP contribution in [0.2, 0.25) is 0 Å². The van der Waals surface area contributed by atoms with Crippen molar-refractivity contribution in [3.05, 3.63) is 24.3 Å². The SMILES string of the molecule is O=S(=O)(c1cncc(F)c1)N1CCN(C2CCNC2)CC1. The quantitative estimate of drug-likeness (QED) is 0.843. The summed E-state index contributed by atoms with van der Waals surface area (Å²) in [5.41, 5.74) is 0. The van der Waals surface area contributed by atoms with Crippen molar-refractivity contribution < 1.29 is 12.8 Å². The van der Waals surface area contributed by atoms with Gasteiger partial charge in [-0.15, -0.1) is 0 Å². The number of piperazine rings is 1. The van der Waals surface area contributed by atoms with Gasteiger partial charge < -0.3 is 5.32 Å². The zero-order valence-electron chi connectivity index (χ0n) is 11.7. The second-order valence-corrected chi connectivity index (χ2v) is 7.36.